The van der Waals surface area contributed by atoms with Crippen molar-refractivity contribution in [2.24, 2.45) is 7.05 Å². The van der Waals surface area contributed by atoms with Gasteiger partial charge in [0.25, 0.3) is 0 Å². The highest BCUT2D eigenvalue weighted by atomic mass is 32.2. The van der Waals surface area contributed by atoms with E-state index in [0.29, 0.717) is 11.9 Å². The zero-order valence-corrected chi connectivity index (χ0v) is 16.3. The van der Waals surface area contributed by atoms with Crippen molar-refractivity contribution in [1.29, 1.82) is 0 Å². The first-order valence-electron chi connectivity index (χ1n) is 9.04. The molecule has 3 aromatic rings. The Balaban J connectivity index is 1.59. The molecule has 1 aromatic carbocycles. The molecule has 27 heavy (non-hydrogen) atoms. The quantitative estimate of drug-likeness (QED) is 0.745. The molecule has 1 saturated heterocycles. The van der Waals surface area contributed by atoms with Gasteiger partial charge < -0.3 is 4.90 Å². The first-order chi connectivity index (χ1) is 12.9. The van der Waals surface area contributed by atoms with E-state index in [1.807, 2.05) is 38.5 Å². The van der Waals surface area contributed by atoms with Crippen LogP contribution in [-0.4, -0.2) is 42.3 Å². The van der Waals surface area contributed by atoms with Gasteiger partial charge in [0.15, 0.2) is 0 Å². The van der Waals surface area contributed by atoms with Crippen LogP contribution in [0.25, 0.3) is 10.9 Å². The summed E-state index contributed by atoms with van der Waals surface area (Å²) in [7, 11) is -1.76. The number of hydrogen-bond acceptors (Lipinski definition) is 5. The number of benzene rings is 1. The average molecular weight is 385 g/mol. The Hall–Kier alpha value is -2.45. The number of rotatable bonds is 4. The number of aryl methyl sites for hydroxylation is 2. The lowest BCUT2D eigenvalue weighted by Crippen LogP contribution is -2.47. The molecule has 142 valence electrons. The molecule has 0 spiro atoms. The topological polar surface area (TPSA) is 80.1 Å². The van der Waals surface area contributed by atoms with Crippen molar-refractivity contribution >= 4 is 26.6 Å². The standard InChI is InChI=1S/C19H23N5O2S/c1-14-7-8-18(17-6-3-9-20-19(14)17)27(25,26)22-15-5-4-10-24(12-15)16-11-21-23(2)13-16/h3,6-9,11,13,15,22H,4-5,10,12H2,1-2H3/t15-/m1/s1. The van der Waals surface area contributed by atoms with E-state index >= 15 is 0 Å². The zero-order valence-electron chi connectivity index (χ0n) is 15.5. The van der Waals surface area contributed by atoms with Gasteiger partial charge in [-0.25, -0.2) is 13.1 Å². The highest BCUT2D eigenvalue weighted by molar-refractivity contribution is 7.89. The van der Waals surface area contributed by atoms with Crippen molar-refractivity contribution in [2.45, 2.75) is 30.7 Å². The number of nitrogens with one attached hydrogen (secondary N) is 1. The van der Waals surface area contributed by atoms with Crippen LogP contribution in [0.2, 0.25) is 0 Å². The lowest BCUT2D eigenvalue weighted by molar-refractivity contribution is 0.466. The van der Waals surface area contributed by atoms with Gasteiger partial charge in [-0.05, 0) is 43.5 Å². The second-order valence-electron chi connectivity index (χ2n) is 7.06. The summed E-state index contributed by atoms with van der Waals surface area (Å²) in [5.41, 5.74) is 2.71. The summed E-state index contributed by atoms with van der Waals surface area (Å²) in [6.45, 7) is 3.47. The van der Waals surface area contributed by atoms with Crippen LogP contribution in [0.15, 0.2) is 47.8 Å². The zero-order chi connectivity index (χ0) is 19.0. The van der Waals surface area contributed by atoms with Gasteiger partial charge in [0, 0.05) is 44.0 Å². The second kappa shape index (κ2) is 6.94. The molecule has 1 fully saturated rings. The summed E-state index contributed by atoms with van der Waals surface area (Å²) in [5, 5.41) is 4.87. The third-order valence-electron chi connectivity index (χ3n) is 5.02. The highest BCUT2D eigenvalue weighted by Crippen LogP contribution is 2.25. The fraction of sp³-hybridized carbons (Fsp3) is 0.368. The van der Waals surface area contributed by atoms with Crippen molar-refractivity contribution in [3.8, 4) is 0 Å². The fourth-order valence-electron chi connectivity index (χ4n) is 3.68. The second-order valence-corrected chi connectivity index (χ2v) is 8.74. The molecule has 1 atom stereocenters. The number of pyridine rings is 1. The lowest BCUT2D eigenvalue weighted by Gasteiger charge is -2.33. The summed E-state index contributed by atoms with van der Waals surface area (Å²) in [6, 6.07) is 6.92. The van der Waals surface area contributed by atoms with Crippen molar-refractivity contribution < 1.29 is 8.42 Å². The minimum absolute atomic E-state index is 0.142. The number of hydrogen-bond donors (Lipinski definition) is 1. The van der Waals surface area contributed by atoms with Gasteiger partial charge >= 0.3 is 0 Å². The molecule has 0 radical (unpaired) electrons. The smallest absolute Gasteiger partial charge is 0.241 e. The number of aromatic nitrogens is 3. The summed E-state index contributed by atoms with van der Waals surface area (Å²) in [6.07, 6.45) is 7.20. The van der Waals surface area contributed by atoms with Gasteiger partial charge in [0.1, 0.15) is 0 Å². The summed E-state index contributed by atoms with van der Waals surface area (Å²) < 4.78 is 30.9. The molecular weight excluding hydrogens is 362 g/mol. The van der Waals surface area contributed by atoms with E-state index < -0.39 is 10.0 Å². The minimum Gasteiger partial charge on any atom is -0.367 e. The van der Waals surface area contributed by atoms with Crippen molar-refractivity contribution in [3.63, 3.8) is 0 Å². The molecule has 0 saturated carbocycles. The molecule has 0 aliphatic carbocycles. The number of fused-ring (bicyclic) bond motifs is 1. The van der Waals surface area contributed by atoms with E-state index in [1.54, 1.807) is 23.0 Å². The van der Waals surface area contributed by atoms with Crippen LogP contribution in [0.5, 0.6) is 0 Å². The Kier molecular flexibility index (Phi) is 4.61. The van der Waals surface area contributed by atoms with Crippen LogP contribution in [0.3, 0.4) is 0 Å². The number of piperidine rings is 1. The molecule has 7 nitrogen and oxygen atoms in total. The molecule has 8 heteroatoms. The third kappa shape index (κ3) is 3.54. The third-order valence-corrected chi connectivity index (χ3v) is 6.60. The Bertz CT molecular complexity index is 1080. The number of sulfonamides is 1. The van der Waals surface area contributed by atoms with Crippen LogP contribution in [-0.2, 0) is 17.1 Å². The van der Waals surface area contributed by atoms with Gasteiger partial charge in [-0.3, -0.25) is 9.67 Å². The van der Waals surface area contributed by atoms with Gasteiger partial charge in [0.2, 0.25) is 10.0 Å². The first-order valence-corrected chi connectivity index (χ1v) is 10.5. The van der Waals surface area contributed by atoms with E-state index in [4.69, 9.17) is 0 Å². The maximum atomic E-state index is 13.1. The summed E-state index contributed by atoms with van der Waals surface area (Å²) >= 11 is 0. The maximum absolute atomic E-state index is 13.1. The summed E-state index contributed by atoms with van der Waals surface area (Å²) in [5.74, 6) is 0. The molecule has 1 aliphatic rings. The largest absolute Gasteiger partial charge is 0.367 e. The van der Waals surface area contributed by atoms with Gasteiger partial charge in [0.05, 0.1) is 22.3 Å². The lowest BCUT2D eigenvalue weighted by atomic mass is 10.1. The van der Waals surface area contributed by atoms with E-state index in [-0.39, 0.29) is 10.9 Å². The highest BCUT2D eigenvalue weighted by Gasteiger charge is 2.27. The Morgan fingerprint density at radius 2 is 2.11 bits per heavy atom. The number of anilines is 1. The molecule has 4 rings (SSSR count). The Morgan fingerprint density at radius 3 is 2.89 bits per heavy atom. The fourth-order valence-corrected chi connectivity index (χ4v) is 5.14. The van der Waals surface area contributed by atoms with Crippen molar-refractivity contribution in [3.05, 3.63) is 48.4 Å². The average Bonchev–Trinajstić information content (AvgIpc) is 3.08. The first kappa shape index (κ1) is 17.9. The Morgan fingerprint density at radius 1 is 1.26 bits per heavy atom. The molecule has 0 amide bonds. The van der Waals surface area contributed by atoms with Gasteiger partial charge in [-0.1, -0.05) is 6.07 Å². The normalized spacial score (nSPS) is 18.1. The predicted octanol–water partition coefficient (Wildman–Crippen LogP) is 2.22. The molecule has 3 heterocycles. The molecule has 1 aliphatic heterocycles. The van der Waals surface area contributed by atoms with Crippen LogP contribution in [0.4, 0.5) is 5.69 Å². The maximum Gasteiger partial charge on any atom is 0.241 e. The van der Waals surface area contributed by atoms with E-state index in [2.05, 4.69) is 19.7 Å². The molecule has 2 aromatic heterocycles. The molecular formula is C19H23N5O2S. The van der Waals surface area contributed by atoms with Gasteiger partial charge in [-0.2, -0.15) is 5.10 Å². The van der Waals surface area contributed by atoms with E-state index in [1.165, 1.54) is 0 Å². The molecule has 0 unspecified atom stereocenters. The van der Waals surface area contributed by atoms with Crippen LogP contribution >= 0.6 is 0 Å². The molecule has 0 bridgehead atoms. The molecule has 1 N–H and O–H groups in total. The number of nitrogens with zero attached hydrogens (tertiary/aromatic N) is 4. The Labute approximate surface area is 159 Å². The summed E-state index contributed by atoms with van der Waals surface area (Å²) in [4.78, 5) is 6.81. The predicted molar refractivity (Wildman–Crippen MR) is 105 cm³/mol. The SMILES string of the molecule is Cc1ccc(S(=O)(=O)N[C@@H]2CCCN(c3cnn(C)c3)C2)c2cccnc12. The van der Waals surface area contributed by atoms with E-state index in [0.717, 1.165) is 36.2 Å². The van der Waals surface area contributed by atoms with Gasteiger partial charge in [-0.15, -0.1) is 0 Å². The van der Waals surface area contributed by atoms with Crippen molar-refractivity contribution in [2.75, 3.05) is 18.0 Å². The monoisotopic (exact) mass is 385 g/mol. The minimum atomic E-state index is -3.64. The van der Waals surface area contributed by atoms with Crippen molar-refractivity contribution in [1.82, 2.24) is 19.5 Å². The van der Waals surface area contributed by atoms with Crippen LogP contribution in [0, 0.1) is 6.92 Å². The van der Waals surface area contributed by atoms with Crippen LogP contribution < -0.4 is 9.62 Å². The van der Waals surface area contributed by atoms with E-state index in [9.17, 15) is 8.42 Å². The van der Waals surface area contributed by atoms with Crippen LogP contribution in [0.1, 0.15) is 18.4 Å².